The number of rotatable bonds is 3. The molecule has 0 spiro atoms. The van der Waals surface area contributed by atoms with Crippen LogP contribution < -0.4 is 0 Å². The van der Waals surface area contributed by atoms with Crippen molar-refractivity contribution in [1.82, 2.24) is 0 Å². The van der Waals surface area contributed by atoms with E-state index in [1.807, 2.05) is 0 Å². The summed E-state index contributed by atoms with van der Waals surface area (Å²) >= 11 is -3.39. The van der Waals surface area contributed by atoms with Crippen LogP contribution in [0.5, 0.6) is 0 Å². The van der Waals surface area contributed by atoms with Crippen molar-refractivity contribution in [1.29, 1.82) is 0 Å². The second-order valence-electron chi connectivity index (χ2n) is 2.35. The molecular weight excluding hydrogens is 199 g/mol. The zero-order chi connectivity index (χ0) is 8.36. The van der Waals surface area contributed by atoms with Crippen LogP contribution in [-0.4, -0.2) is 30.9 Å². The van der Waals surface area contributed by atoms with Crippen molar-refractivity contribution in [2.45, 2.75) is 16.1 Å². The molecular formula is C5H9AsO4. The van der Waals surface area contributed by atoms with Gasteiger partial charge in [0.1, 0.15) is 0 Å². The number of carboxylic acid groups (broad SMARTS) is 1. The zero-order valence-electron chi connectivity index (χ0n) is 5.77. The summed E-state index contributed by atoms with van der Waals surface area (Å²) in [4.78, 5) is 20.2. The third kappa shape index (κ3) is 2.40. The summed E-state index contributed by atoms with van der Waals surface area (Å²) in [7, 11) is 0. The minimum absolute atomic E-state index is 0.238. The van der Waals surface area contributed by atoms with E-state index in [1.165, 1.54) is 11.4 Å². The Morgan fingerprint density at radius 3 is 2.00 bits per heavy atom. The second kappa shape index (κ2) is 3.06. The van der Waals surface area contributed by atoms with Crippen molar-refractivity contribution in [2.24, 2.45) is 0 Å². The first-order valence-electron chi connectivity index (χ1n) is 2.62. The summed E-state index contributed by atoms with van der Waals surface area (Å²) in [5.41, 5.74) is 2.68. The van der Waals surface area contributed by atoms with E-state index in [0.717, 1.165) is 0 Å². The Morgan fingerprint density at radius 2 is 2.00 bits per heavy atom. The third-order valence-corrected chi connectivity index (χ3v) is 4.58. The molecule has 0 aromatic carbocycles. The summed E-state index contributed by atoms with van der Waals surface area (Å²) in [6.45, 7) is 0. The molecule has 0 aliphatic carbocycles. The zero-order valence-corrected chi connectivity index (χ0v) is 7.65. The van der Waals surface area contributed by atoms with Gasteiger partial charge in [0.05, 0.1) is 0 Å². The van der Waals surface area contributed by atoms with E-state index in [9.17, 15) is 13.3 Å². The van der Waals surface area contributed by atoms with E-state index in [1.54, 1.807) is 0 Å². The quantitative estimate of drug-likeness (QED) is 0.410. The average molecular weight is 208 g/mol. The summed E-state index contributed by atoms with van der Waals surface area (Å²) < 4.78 is 9.76. The molecule has 1 unspecified atom stereocenters. The van der Waals surface area contributed by atoms with Crippen molar-refractivity contribution < 1.29 is 18.4 Å². The first-order chi connectivity index (χ1) is 4.39. The van der Waals surface area contributed by atoms with Crippen molar-refractivity contribution in [2.75, 3.05) is 0 Å². The van der Waals surface area contributed by atoms with Crippen LogP contribution >= 0.6 is 0 Å². The normalized spacial score (nSPS) is 14.2. The van der Waals surface area contributed by atoms with Gasteiger partial charge in [-0.05, 0) is 0 Å². The molecule has 0 bridgehead atoms. The van der Waals surface area contributed by atoms with Crippen LogP contribution in [0.15, 0.2) is 0 Å². The van der Waals surface area contributed by atoms with Gasteiger partial charge in [-0.1, -0.05) is 0 Å². The van der Waals surface area contributed by atoms with E-state index in [0.29, 0.717) is 0 Å². The molecule has 0 saturated heterocycles. The molecule has 0 aromatic heterocycles. The molecule has 5 heteroatoms. The van der Waals surface area contributed by atoms with Crippen LogP contribution in [0.2, 0.25) is 16.1 Å². The molecule has 0 aromatic rings. The number of carbonyl (C=O) groups is 2. The van der Waals surface area contributed by atoms with Crippen LogP contribution in [0.25, 0.3) is 0 Å². The predicted molar refractivity (Wildman–Crippen MR) is 35.6 cm³/mol. The molecule has 58 valence electrons. The maximum atomic E-state index is 11.0. The summed E-state index contributed by atoms with van der Waals surface area (Å²) in [6.07, 6.45) is 0.238. The Balaban J connectivity index is 4.53. The summed E-state index contributed by atoms with van der Waals surface area (Å²) in [6, 6.07) is 0. The van der Waals surface area contributed by atoms with Gasteiger partial charge in [0.25, 0.3) is 0 Å². The van der Waals surface area contributed by atoms with E-state index >= 15 is 0 Å². The van der Waals surface area contributed by atoms with Crippen molar-refractivity contribution >= 4 is 25.7 Å². The Hall–Kier alpha value is -0.502. The molecule has 0 radical (unpaired) electrons. The Kier molecular flexibility index (Phi) is 2.91. The fourth-order valence-electron chi connectivity index (χ4n) is 0.471. The molecule has 0 fully saturated rings. The van der Waals surface area contributed by atoms with Crippen LogP contribution in [0.1, 0.15) is 0 Å². The standard InChI is InChI=1S/C5H9AsO4/c1-6(2,10)4(3-7)5(8)9/h3-4H,1-2H3,(H,8,9). The van der Waals surface area contributed by atoms with Gasteiger partial charge in [-0.15, -0.1) is 0 Å². The van der Waals surface area contributed by atoms with Gasteiger partial charge < -0.3 is 0 Å². The molecule has 0 rings (SSSR count). The van der Waals surface area contributed by atoms with E-state index in [-0.39, 0.29) is 6.29 Å². The number of aldehydes is 1. The van der Waals surface area contributed by atoms with Gasteiger partial charge in [-0.25, -0.2) is 0 Å². The molecule has 0 amide bonds. The summed E-state index contributed by atoms with van der Waals surface area (Å²) in [5, 5.41) is 8.32. The number of carboxylic acids is 1. The molecule has 0 aliphatic heterocycles. The Bertz CT molecular complexity index is 192. The van der Waals surface area contributed by atoms with Crippen molar-refractivity contribution in [3.63, 3.8) is 0 Å². The van der Waals surface area contributed by atoms with Gasteiger partial charge >= 0.3 is 60.3 Å². The number of hydrogen-bond donors (Lipinski definition) is 1. The predicted octanol–water partition coefficient (Wildman–Crippen LogP) is 0.276. The molecule has 0 aliphatic rings. The maximum absolute atomic E-state index is 11.0. The third-order valence-electron chi connectivity index (χ3n) is 1.05. The number of aliphatic carboxylic acids is 1. The SMILES string of the molecule is C[As](C)(=O)C(C=O)C(=O)O. The van der Waals surface area contributed by atoms with E-state index < -0.39 is 24.2 Å². The van der Waals surface area contributed by atoms with Crippen LogP contribution in [0, 0.1) is 0 Å². The first kappa shape index (κ1) is 9.50. The monoisotopic (exact) mass is 208 g/mol. The van der Waals surface area contributed by atoms with E-state index in [4.69, 9.17) is 5.11 Å². The van der Waals surface area contributed by atoms with Crippen LogP contribution in [0.3, 0.4) is 0 Å². The molecule has 1 atom stereocenters. The van der Waals surface area contributed by atoms with Crippen LogP contribution in [-0.2, 0) is 13.3 Å². The van der Waals surface area contributed by atoms with Crippen LogP contribution in [0.4, 0.5) is 0 Å². The Morgan fingerprint density at radius 1 is 1.60 bits per heavy atom. The van der Waals surface area contributed by atoms with Crippen molar-refractivity contribution in [3.05, 3.63) is 0 Å². The average Bonchev–Trinajstić information content (AvgIpc) is 1.60. The molecule has 1 N–H and O–H groups in total. The topological polar surface area (TPSA) is 71.4 Å². The summed E-state index contributed by atoms with van der Waals surface area (Å²) in [5.74, 6) is -1.29. The van der Waals surface area contributed by atoms with E-state index in [2.05, 4.69) is 0 Å². The van der Waals surface area contributed by atoms with Gasteiger partial charge in [0.2, 0.25) is 0 Å². The molecule has 0 heterocycles. The fourth-order valence-corrected chi connectivity index (χ4v) is 2.20. The molecule has 4 nitrogen and oxygen atoms in total. The van der Waals surface area contributed by atoms with Gasteiger partial charge in [0, 0.05) is 0 Å². The molecule has 0 saturated carbocycles. The number of hydrogen-bond acceptors (Lipinski definition) is 3. The van der Waals surface area contributed by atoms with Gasteiger partial charge in [-0.3, -0.25) is 0 Å². The van der Waals surface area contributed by atoms with Gasteiger partial charge in [0.15, 0.2) is 0 Å². The number of carbonyl (C=O) groups excluding carboxylic acids is 1. The fraction of sp³-hybridized carbons (Fsp3) is 0.600. The minimum atomic E-state index is -3.39. The molecule has 10 heavy (non-hydrogen) atoms. The second-order valence-corrected chi connectivity index (χ2v) is 9.54. The van der Waals surface area contributed by atoms with Gasteiger partial charge in [-0.2, -0.15) is 0 Å². The van der Waals surface area contributed by atoms with Crippen molar-refractivity contribution in [3.8, 4) is 0 Å². The first-order valence-corrected chi connectivity index (χ1v) is 8.22. The Labute approximate surface area is 60.9 Å².